The molecule has 56 valence electrons. The van der Waals surface area contributed by atoms with Crippen LogP contribution in [0.4, 0.5) is 0 Å². The average Bonchev–Trinajstić information content (AvgIpc) is 1.99. The van der Waals surface area contributed by atoms with Gasteiger partial charge in [-0.15, -0.1) is 0 Å². The van der Waals surface area contributed by atoms with Gasteiger partial charge >= 0.3 is 0 Å². The lowest BCUT2D eigenvalue weighted by molar-refractivity contribution is 0.689. The maximum atomic E-state index is 8.61. The highest BCUT2D eigenvalue weighted by Gasteiger charge is 2.17. The lowest BCUT2D eigenvalue weighted by atomic mass is 9.43. The topological polar surface area (TPSA) is 23.8 Å². The number of nitriles is 1. The van der Waals surface area contributed by atoms with Gasteiger partial charge in [-0.1, -0.05) is 39.9 Å². The summed E-state index contributed by atoms with van der Waals surface area (Å²) in [6.07, 6.45) is 3.54. The van der Waals surface area contributed by atoms with E-state index in [1.165, 1.54) is 12.8 Å². The van der Waals surface area contributed by atoms with Crippen molar-refractivity contribution in [3.05, 3.63) is 0 Å². The van der Waals surface area contributed by atoms with Gasteiger partial charge in [0.25, 0.3) is 6.71 Å². The van der Waals surface area contributed by atoms with Crippen LogP contribution in [0.25, 0.3) is 0 Å². The maximum Gasteiger partial charge on any atom is 0.267 e. The first-order chi connectivity index (χ1) is 4.76. The Bertz CT molecular complexity index is 117. The van der Waals surface area contributed by atoms with Gasteiger partial charge in [0.1, 0.15) is 0 Å². The maximum absolute atomic E-state index is 8.61. The minimum absolute atomic E-state index is 0.241. The van der Waals surface area contributed by atoms with E-state index in [2.05, 4.69) is 19.8 Å². The predicted molar refractivity (Wildman–Crippen MR) is 46.2 cm³/mol. The quantitative estimate of drug-likeness (QED) is 0.546. The van der Waals surface area contributed by atoms with Gasteiger partial charge in [-0.2, -0.15) is 0 Å². The molecule has 0 aromatic carbocycles. The number of hydrogen-bond donors (Lipinski definition) is 0. The fourth-order valence-corrected chi connectivity index (χ4v) is 1.28. The summed E-state index contributed by atoms with van der Waals surface area (Å²) < 4.78 is 0. The van der Waals surface area contributed by atoms with Crippen molar-refractivity contribution in [2.75, 3.05) is 0 Å². The Balaban J connectivity index is 3.71. The van der Waals surface area contributed by atoms with Crippen molar-refractivity contribution in [1.29, 1.82) is 5.26 Å². The molecule has 0 aromatic rings. The first-order valence-electron chi connectivity index (χ1n) is 4.15. The van der Waals surface area contributed by atoms with Crippen molar-refractivity contribution in [3.8, 4) is 5.97 Å². The summed E-state index contributed by atoms with van der Waals surface area (Å²) in [5, 5.41) is 8.61. The summed E-state index contributed by atoms with van der Waals surface area (Å²) in [5.41, 5.74) is 0. The highest BCUT2D eigenvalue weighted by atomic mass is 14.2. The van der Waals surface area contributed by atoms with Gasteiger partial charge in [-0.3, -0.25) is 0 Å². The number of nitrogens with zero attached hydrogens (tertiary/aromatic N) is 1. The zero-order chi connectivity index (χ0) is 7.98. The van der Waals surface area contributed by atoms with E-state index >= 15 is 0 Å². The van der Waals surface area contributed by atoms with Gasteiger partial charge in [-0.25, -0.2) is 5.26 Å². The van der Waals surface area contributed by atoms with Gasteiger partial charge < -0.3 is 0 Å². The van der Waals surface area contributed by atoms with Gasteiger partial charge in [0.2, 0.25) is 0 Å². The molecule has 0 fully saturated rings. The molecule has 0 bridgehead atoms. The van der Waals surface area contributed by atoms with Crippen LogP contribution in [0, 0.1) is 11.2 Å². The normalized spacial score (nSPS) is 12.2. The Kier molecular flexibility index (Phi) is 5.11. The SMILES string of the molecule is CCC[C@H](CC)B(C)C#N. The van der Waals surface area contributed by atoms with E-state index in [4.69, 9.17) is 5.26 Å². The molecule has 0 amide bonds. The van der Waals surface area contributed by atoms with Crippen molar-refractivity contribution < 1.29 is 0 Å². The summed E-state index contributed by atoms with van der Waals surface area (Å²) in [7, 11) is 0. The molecule has 2 heteroatoms. The summed E-state index contributed by atoms with van der Waals surface area (Å²) in [6.45, 7) is 6.59. The first-order valence-corrected chi connectivity index (χ1v) is 4.15. The molecular weight excluding hydrogens is 121 g/mol. The van der Waals surface area contributed by atoms with Crippen molar-refractivity contribution in [2.45, 2.75) is 45.8 Å². The minimum atomic E-state index is 0.241. The second-order valence-electron chi connectivity index (χ2n) is 2.87. The van der Waals surface area contributed by atoms with Gasteiger partial charge in [0.05, 0.1) is 0 Å². The lowest BCUT2D eigenvalue weighted by Crippen LogP contribution is -2.13. The fourth-order valence-electron chi connectivity index (χ4n) is 1.28. The second kappa shape index (κ2) is 5.35. The van der Waals surface area contributed by atoms with Crippen LogP contribution in [0.2, 0.25) is 12.6 Å². The smallest absolute Gasteiger partial charge is 0.213 e. The van der Waals surface area contributed by atoms with Crippen LogP contribution in [0.1, 0.15) is 33.1 Å². The Hall–Kier alpha value is -0.445. The second-order valence-corrected chi connectivity index (χ2v) is 2.87. The molecule has 0 rings (SSSR count). The van der Waals surface area contributed by atoms with Crippen LogP contribution in [-0.4, -0.2) is 6.71 Å². The van der Waals surface area contributed by atoms with Crippen LogP contribution in [0.3, 0.4) is 0 Å². The molecule has 10 heavy (non-hydrogen) atoms. The molecule has 0 aliphatic carbocycles. The van der Waals surface area contributed by atoms with E-state index < -0.39 is 0 Å². The third-order valence-corrected chi connectivity index (χ3v) is 2.09. The van der Waals surface area contributed by atoms with E-state index in [0.717, 1.165) is 6.42 Å². The molecule has 0 heterocycles. The highest BCUT2D eigenvalue weighted by Crippen LogP contribution is 2.20. The summed E-state index contributed by atoms with van der Waals surface area (Å²) in [5.74, 6) is 2.92. The van der Waals surface area contributed by atoms with E-state index in [1.54, 1.807) is 0 Å². The first kappa shape index (κ1) is 9.55. The van der Waals surface area contributed by atoms with Crippen LogP contribution >= 0.6 is 0 Å². The Morgan fingerprint density at radius 3 is 2.40 bits per heavy atom. The molecule has 0 aliphatic rings. The molecule has 1 nitrogen and oxygen atoms in total. The van der Waals surface area contributed by atoms with E-state index in [1.807, 2.05) is 6.82 Å². The van der Waals surface area contributed by atoms with Crippen molar-refractivity contribution in [2.24, 2.45) is 0 Å². The zero-order valence-corrected chi connectivity index (χ0v) is 7.22. The Morgan fingerprint density at radius 1 is 1.50 bits per heavy atom. The van der Waals surface area contributed by atoms with E-state index in [-0.39, 0.29) is 6.71 Å². The third kappa shape index (κ3) is 2.91. The highest BCUT2D eigenvalue weighted by molar-refractivity contribution is 6.67. The number of hydrogen-bond acceptors (Lipinski definition) is 1. The lowest BCUT2D eigenvalue weighted by Gasteiger charge is -2.11. The summed E-state index contributed by atoms with van der Waals surface area (Å²) >= 11 is 0. The molecule has 0 radical (unpaired) electrons. The Morgan fingerprint density at radius 2 is 2.10 bits per heavy atom. The molecule has 0 N–H and O–H groups in total. The molecule has 0 aliphatic heterocycles. The van der Waals surface area contributed by atoms with Gasteiger partial charge in [-0.05, 0) is 5.82 Å². The van der Waals surface area contributed by atoms with Crippen LogP contribution in [0.15, 0.2) is 0 Å². The van der Waals surface area contributed by atoms with E-state index in [0.29, 0.717) is 5.82 Å². The molecule has 0 aromatic heterocycles. The van der Waals surface area contributed by atoms with E-state index in [9.17, 15) is 0 Å². The van der Waals surface area contributed by atoms with Crippen molar-refractivity contribution in [1.82, 2.24) is 0 Å². The van der Waals surface area contributed by atoms with Gasteiger partial charge in [0, 0.05) is 5.97 Å². The van der Waals surface area contributed by atoms with Crippen LogP contribution < -0.4 is 0 Å². The van der Waals surface area contributed by atoms with Gasteiger partial charge in [0.15, 0.2) is 0 Å². The van der Waals surface area contributed by atoms with Crippen LogP contribution in [0.5, 0.6) is 0 Å². The molecular formula is C8H16BN. The third-order valence-electron chi connectivity index (χ3n) is 2.09. The zero-order valence-electron chi connectivity index (χ0n) is 7.22. The summed E-state index contributed by atoms with van der Waals surface area (Å²) in [4.78, 5) is 0. The van der Waals surface area contributed by atoms with Crippen molar-refractivity contribution in [3.63, 3.8) is 0 Å². The predicted octanol–water partition coefficient (Wildman–Crippen LogP) is 2.75. The largest absolute Gasteiger partial charge is 0.267 e. The Labute approximate surface area is 64.5 Å². The molecule has 0 spiro atoms. The fraction of sp³-hybridized carbons (Fsp3) is 0.875. The molecule has 1 atom stereocenters. The monoisotopic (exact) mass is 137 g/mol. The molecule has 0 unspecified atom stereocenters. The summed E-state index contributed by atoms with van der Waals surface area (Å²) in [6, 6.07) is 0. The van der Waals surface area contributed by atoms with Crippen LogP contribution in [-0.2, 0) is 0 Å². The number of rotatable bonds is 4. The minimum Gasteiger partial charge on any atom is -0.213 e. The molecule has 0 saturated carbocycles. The molecule has 0 saturated heterocycles. The standard InChI is InChI=1S/C8H16BN/c1-4-6-8(5-2)9(3)7-10/h8H,4-6H2,1-3H3/t8-/m0/s1. The average molecular weight is 137 g/mol. The van der Waals surface area contributed by atoms with Crippen molar-refractivity contribution >= 4 is 6.71 Å².